The van der Waals surface area contributed by atoms with E-state index < -0.39 is 0 Å². The van der Waals surface area contributed by atoms with E-state index in [1.165, 1.54) is 31.2 Å². The summed E-state index contributed by atoms with van der Waals surface area (Å²) in [6.45, 7) is 2.07. The van der Waals surface area contributed by atoms with E-state index >= 15 is 0 Å². The molecular formula is C23H26ClF. The summed E-state index contributed by atoms with van der Waals surface area (Å²) < 4.78 is 14.2. The molecule has 2 heteroatoms. The van der Waals surface area contributed by atoms with Crippen LogP contribution in [-0.4, -0.2) is 0 Å². The summed E-state index contributed by atoms with van der Waals surface area (Å²) in [6.07, 6.45) is 8.73. The molecule has 0 N–H and O–H groups in total. The van der Waals surface area contributed by atoms with Gasteiger partial charge in [0.1, 0.15) is 5.82 Å². The second-order valence-electron chi connectivity index (χ2n) is 7.11. The molecule has 132 valence electrons. The Morgan fingerprint density at radius 3 is 2.28 bits per heavy atom. The topological polar surface area (TPSA) is 0 Å². The standard InChI is InChI=1S/C23H26ClF/c1-2-3-21-12-13-22(16-23(21)25)20-10-8-19(9-11-20)18-6-4-17(5-7-18)14-15-24/h8-18H,2-7H2,1H3/b15-14+. The SMILES string of the molecule is CCCc1ccc(-c2ccc(C3CCC(/C=C/Cl)CC3)cc2)cc1F. The van der Waals surface area contributed by atoms with Gasteiger partial charge in [-0.2, -0.15) is 0 Å². The van der Waals surface area contributed by atoms with Crippen molar-refractivity contribution in [1.29, 1.82) is 0 Å². The third-order valence-corrected chi connectivity index (χ3v) is 5.55. The monoisotopic (exact) mass is 356 g/mol. The minimum Gasteiger partial charge on any atom is -0.207 e. The van der Waals surface area contributed by atoms with Gasteiger partial charge in [0.2, 0.25) is 0 Å². The lowest BCUT2D eigenvalue weighted by molar-refractivity contribution is 0.376. The van der Waals surface area contributed by atoms with Gasteiger partial charge in [0.25, 0.3) is 0 Å². The van der Waals surface area contributed by atoms with Gasteiger partial charge in [0.15, 0.2) is 0 Å². The highest BCUT2D eigenvalue weighted by Gasteiger charge is 2.20. The van der Waals surface area contributed by atoms with Crippen molar-refractivity contribution in [2.75, 3.05) is 0 Å². The van der Waals surface area contributed by atoms with E-state index in [1.807, 2.05) is 12.1 Å². The lowest BCUT2D eigenvalue weighted by Crippen LogP contribution is -2.11. The van der Waals surface area contributed by atoms with Gasteiger partial charge in [-0.05, 0) is 72.3 Å². The van der Waals surface area contributed by atoms with Crippen LogP contribution < -0.4 is 0 Å². The van der Waals surface area contributed by atoms with Crippen molar-refractivity contribution in [3.8, 4) is 11.1 Å². The molecule has 2 aromatic rings. The van der Waals surface area contributed by atoms with Crippen molar-refractivity contribution in [2.24, 2.45) is 5.92 Å². The molecule has 25 heavy (non-hydrogen) atoms. The summed E-state index contributed by atoms with van der Waals surface area (Å²) in [5.74, 6) is 1.18. The van der Waals surface area contributed by atoms with E-state index in [2.05, 4.69) is 37.3 Å². The Morgan fingerprint density at radius 1 is 1.00 bits per heavy atom. The van der Waals surface area contributed by atoms with Crippen LogP contribution in [0.25, 0.3) is 11.1 Å². The van der Waals surface area contributed by atoms with Crippen LogP contribution in [0.5, 0.6) is 0 Å². The fourth-order valence-corrected chi connectivity index (χ4v) is 4.10. The fraction of sp³-hybridized carbons (Fsp3) is 0.391. The predicted molar refractivity (Wildman–Crippen MR) is 106 cm³/mol. The molecular weight excluding hydrogens is 331 g/mol. The normalized spacial score (nSPS) is 20.9. The first-order valence-electron chi connectivity index (χ1n) is 9.37. The van der Waals surface area contributed by atoms with Gasteiger partial charge in [-0.25, -0.2) is 4.39 Å². The van der Waals surface area contributed by atoms with Gasteiger partial charge in [-0.3, -0.25) is 0 Å². The highest BCUT2D eigenvalue weighted by Crippen LogP contribution is 2.37. The van der Waals surface area contributed by atoms with E-state index in [9.17, 15) is 4.39 Å². The van der Waals surface area contributed by atoms with Gasteiger partial charge in [-0.1, -0.05) is 67.4 Å². The molecule has 0 heterocycles. The quantitative estimate of drug-likeness (QED) is 0.521. The van der Waals surface area contributed by atoms with Crippen LogP contribution in [0, 0.1) is 11.7 Å². The second kappa shape index (κ2) is 8.67. The van der Waals surface area contributed by atoms with E-state index in [4.69, 9.17) is 11.6 Å². The number of aryl methyl sites for hydroxylation is 1. The summed E-state index contributed by atoms with van der Waals surface area (Å²) in [4.78, 5) is 0. The maximum atomic E-state index is 14.2. The van der Waals surface area contributed by atoms with Crippen molar-refractivity contribution < 1.29 is 4.39 Å². The Labute approximate surface area is 155 Å². The zero-order chi connectivity index (χ0) is 17.6. The molecule has 0 nitrogen and oxygen atoms in total. The molecule has 1 saturated carbocycles. The molecule has 1 aliphatic carbocycles. The predicted octanol–water partition coefficient (Wildman–Crippen LogP) is 7.47. The minimum atomic E-state index is -0.0888. The van der Waals surface area contributed by atoms with Crippen molar-refractivity contribution >= 4 is 11.6 Å². The average Bonchev–Trinajstić information content (AvgIpc) is 2.65. The molecule has 1 aliphatic rings. The van der Waals surface area contributed by atoms with Gasteiger partial charge in [0, 0.05) is 5.54 Å². The molecule has 0 unspecified atom stereocenters. The zero-order valence-electron chi connectivity index (χ0n) is 14.8. The number of hydrogen-bond donors (Lipinski definition) is 0. The summed E-state index contributed by atoms with van der Waals surface area (Å²) >= 11 is 5.69. The number of benzene rings is 2. The van der Waals surface area contributed by atoms with E-state index in [1.54, 1.807) is 11.6 Å². The summed E-state index contributed by atoms with van der Waals surface area (Å²) in [6, 6.07) is 14.3. The van der Waals surface area contributed by atoms with Gasteiger partial charge >= 0.3 is 0 Å². The first-order chi connectivity index (χ1) is 12.2. The Morgan fingerprint density at radius 2 is 1.68 bits per heavy atom. The summed E-state index contributed by atoms with van der Waals surface area (Å²) in [7, 11) is 0. The van der Waals surface area contributed by atoms with Crippen LogP contribution in [0.4, 0.5) is 4.39 Å². The van der Waals surface area contributed by atoms with Crippen molar-refractivity contribution in [3.05, 3.63) is 71.0 Å². The van der Waals surface area contributed by atoms with Crippen LogP contribution in [-0.2, 0) is 6.42 Å². The highest BCUT2D eigenvalue weighted by molar-refractivity contribution is 6.25. The Balaban J connectivity index is 1.69. The summed E-state index contributed by atoms with van der Waals surface area (Å²) in [5.41, 5.74) is 5.92. The second-order valence-corrected chi connectivity index (χ2v) is 7.36. The maximum absolute atomic E-state index is 14.2. The molecule has 2 aromatic carbocycles. The first-order valence-corrected chi connectivity index (χ1v) is 9.80. The van der Waals surface area contributed by atoms with Gasteiger partial charge in [0.05, 0.1) is 0 Å². The van der Waals surface area contributed by atoms with Gasteiger partial charge in [-0.15, -0.1) is 0 Å². The molecule has 0 aliphatic heterocycles. The maximum Gasteiger partial charge on any atom is 0.127 e. The van der Waals surface area contributed by atoms with Gasteiger partial charge < -0.3 is 0 Å². The molecule has 1 fully saturated rings. The lowest BCUT2D eigenvalue weighted by atomic mass is 9.78. The van der Waals surface area contributed by atoms with E-state index in [0.717, 1.165) is 29.5 Å². The molecule has 0 bridgehead atoms. The number of rotatable bonds is 5. The van der Waals surface area contributed by atoms with Crippen molar-refractivity contribution in [2.45, 2.75) is 51.4 Å². The highest BCUT2D eigenvalue weighted by atomic mass is 35.5. The van der Waals surface area contributed by atoms with Crippen LogP contribution in [0.3, 0.4) is 0 Å². The first kappa shape index (κ1) is 18.2. The van der Waals surface area contributed by atoms with Crippen LogP contribution in [0.15, 0.2) is 54.1 Å². The Hall–Kier alpha value is -1.60. The fourth-order valence-electron chi connectivity index (χ4n) is 3.89. The Bertz CT molecular complexity index is 709. The van der Waals surface area contributed by atoms with Crippen LogP contribution >= 0.6 is 11.6 Å². The van der Waals surface area contributed by atoms with Crippen molar-refractivity contribution in [3.63, 3.8) is 0 Å². The average molecular weight is 357 g/mol. The number of hydrogen-bond acceptors (Lipinski definition) is 0. The largest absolute Gasteiger partial charge is 0.207 e. The van der Waals surface area contributed by atoms with Crippen molar-refractivity contribution in [1.82, 2.24) is 0 Å². The number of allylic oxidation sites excluding steroid dienone is 1. The molecule has 0 radical (unpaired) electrons. The molecule has 0 saturated heterocycles. The number of halogens is 2. The molecule has 3 rings (SSSR count). The lowest BCUT2D eigenvalue weighted by Gasteiger charge is -2.27. The summed E-state index contributed by atoms with van der Waals surface area (Å²) in [5, 5.41) is 0. The van der Waals surface area contributed by atoms with E-state index in [0.29, 0.717) is 11.8 Å². The van der Waals surface area contributed by atoms with Crippen LogP contribution in [0.1, 0.15) is 56.1 Å². The molecule has 0 atom stereocenters. The molecule has 0 amide bonds. The molecule has 0 aromatic heterocycles. The Kier molecular flexibility index (Phi) is 6.31. The smallest absolute Gasteiger partial charge is 0.127 e. The van der Waals surface area contributed by atoms with E-state index in [-0.39, 0.29) is 5.82 Å². The zero-order valence-corrected chi connectivity index (χ0v) is 15.6. The third kappa shape index (κ3) is 4.52. The molecule has 0 spiro atoms. The minimum absolute atomic E-state index is 0.0888. The third-order valence-electron chi connectivity index (χ3n) is 5.40. The van der Waals surface area contributed by atoms with Crippen LogP contribution in [0.2, 0.25) is 0 Å².